The van der Waals surface area contributed by atoms with E-state index in [1.165, 1.54) is 0 Å². The standard InChI is InChI=1S/C14H23NO2/c1-11(2)10-17-7-5-6-15-12(3)8-14(9-16)13(15)4/h8-9,11H,5-7,10H2,1-4H3. The third kappa shape index (κ3) is 4.00. The summed E-state index contributed by atoms with van der Waals surface area (Å²) in [4.78, 5) is 10.8. The minimum Gasteiger partial charge on any atom is -0.381 e. The highest BCUT2D eigenvalue weighted by Gasteiger charge is 2.07. The molecule has 0 radical (unpaired) electrons. The largest absolute Gasteiger partial charge is 0.381 e. The van der Waals surface area contributed by atoms with Crippen LogP contribution in [0.4, 0.5) is 0 Å². The minimum atomic E-state index is 0.590. The van der Waals surface area contributed by atoms with E-state index in [1.54, 1.807) is 0 Å². The number of ether oxygens (including phenoxy) is 1. The van der Waals surface area contributed by atoms with Crippen molar-refractivity contribution >= 4 is 6.29 Å². The van der Waals surface area contributed by atoms with Crippen molar-refractivity contribution in [3.63, 3.8) is 0 Å². The Morgan fingerprint density at radius 2 is 2.12 bits per heavy atom. The Kier molecular flexibility index (Phi) is 5.42. The molecular weight excluding hydrogens is 214 g/mol. The summed E-state index contributed by atoms with van der Waals surface area (Å²) in [6, 6.07) is 1.94. The molecule has 1 rings (SSSR count). The topological polar surface area (TPSA) is 31.2 Å². The van der Waals surface area contributed by atoms with Crippen LogP contribution in [0.3, 0.4) is 0 Å². The zero-order valence-electron chi connectivity index (χ0n) is 11.3. The molecular formula is C14H23NO2. The summed E-state index contributed by atoms with van der Waals surface area (Å²) in [7, 11) is 0. The van der Waals surface area contributed by atoms with Crippen LogP contribution in [0.5, 0.6) is 0 Å². The molecule has 0 fully saturated rings. The summed E-state index contributed by atoms with van der Waals surface area (Å²) in [5, 5.41) is 0. The van der Waals surface area contributed by atoms with Gasteiger partial charge in [0.1, 0.15) is 0 Å². The highest BCUT2D eigenvalue weighted by Crippen LogP contribution is 2.13. The van der Waals surface area contributed by atoms with E-state index in [4.69, 9.17) is 4.74 Å². The lowest BCUT2D eigenvalue weighted by atomic mass is 10.2. The highest BCUT2D eigenvalue weighted by atomic mass is 16.5. The average molecular weight is 237 g/mol. The van der Waals surface area contributed by atoms with Crippen molar-refractivity contribution in [2.75, 3.05) is 13.2 Å². The summed E-state index contributed by atoms with van der Waals surface area (Å²) in [6.07, 6.45) is 1.91. The molecule has 0 unspecified atom stereocenters. The van der Waals surface area contributed by atoms with Crippen LogP contribution in [0.25, 0.3) is 0 Å². The molecule has 0 bridgehead atoms. The summed E-state index contributed by atoms with van der Waals surface area (Å²) in [5.41, 5.74) is 3.00. The lowest BCUT2D eigenvalue weighted by Gasteiger charge is -2.10. The van der Waals surface area contributed by atoms with Gasteiger partial charge in [-0.25, -0.2) is 0 Å². The second-order valence-electron chi connectivity index (χ2n) is 4.92. The summed E-state index contributed by atoms with van der Waals surface area (Å²) >= 11 is 0. The van der Waals surface area contributed by atoms with E-state index in [2.05, 4.69) is 18.4 Å². The first kappa shape index (κ1) is 14.0. The van der Waals surface area contributed by atoms with Crippen LogP contribution in [0, 0.1) is 19.8 Å². The fraction of sp³-hybridized carbons (Fsp3) is 0.643. The van der Waals surface area contributed by atoms with Crippen molar-refractivity contribution in [1.29, 1.82) is 0 Å². The first-order valence-electron chi connectivity index (χ1n) is 6.26. The fourth-order valence-corrected chi connectivity index (χ4v) is 1.93. The van der Waals surface area contributed by atoms with Crippen LogP contribution in [0.2, 0.25) is 0 Å². The lowest BCUT2D eigenvalue weighted by molar-refractivity contribution is 0.105. The Hall–Kier alpha value is -1.09. The Morgan fingerprint density at radius 1 is 1.41 bits per heavy atom. The van der Waals surface area contributed by atoms with E-state index in [9.17, 15) is 4.79 Å². The molecule has 0 saturated carbocycles. The second kappa shape index (κ2) is 6.60. The Morgan fingerprint density at radius 3 is 2.65 bits per heavy atom. The number of aromatic nitrogens is 1. The number of carbonyl (C=O) groups is 1. The Bertz CT molecular complexity index is 367. The molecule has 0 aliphatic heterocycles. The Labute approximate surface area is 104 Å². The number of hydrogen-bond acceptors (Lipinski definition) is 2. The van der Waals surface area contributed by atoms with Crippen LogP contribution < -0.4 is 0 Å². The van der Waals surface area contributed by atoms with Crippen molar-refractivity contribution < 1.29 is 9.53 Å². The maximum Gasteiger partial charge on any atom is 0.151 e. The van der Waals surface area contributed by atoms with Crippen molar-refractivity contribution in [3.8, 4) is 0 Å². The molecule has 0 spiro atoms. The van der Waals surface area contributed by atoms with Crippen LogP contribution in [-0.2, 0) is 11.3 Å². The molecule has 1 heterocycles. The summed E-state index contributed by atoms with van der Waals surface area (Å²) in [5.74, 6) is 0.590. The van der Waals surface area contributed by atoms with Gasteiger partial charge in [-0.15, -0.1) is 0 Å². The summed E-state index contributed by atoms with van der Waals surface area (Å²) < 4.78 is 7.73. The second-order valence-corrected chi connectivity index (χ2v) is 4.92. The minimum absolute atomic E-state index is 0.590. The van der Waals surface area contributed by atoms with Gasteiger partial charge >= 0.3 is 0 Å². The molecule has 0 amide bonds. The summed E-state index contributed by atoms with van der Waals surface area (Å²) in [6.45, 7) is 10.9. The number of nitrogens with zero attached hydrogens (tertiary/aromatic N) is 1. The molecule has 3 heteroatoms. The molecule has 0 atom stereocenters. The van der Waals surface area contributed by atoms with E-state index in [0.29, 0.717) is 5.92 Å². The van der Waals surface area contributed by atoms with Gasteiger partial charge in [-0.3, -0.25) is 4.79 Å². The number of hydrogen-bond donors (Lipinski definition) is 0. The van der Waals surface area contributed by atoms with Gasteiger partial charge in [-0.1, -0.05) is 13.8 Å². The van der Waals surface area contributed by atoms with Crippen LogP contribution in [-0.4, -0.2) is 24.1 Å². The van der Waals surface area contributed by atoms with E-state index in [-0.39, 0.29) is 0 Å². The number of carbonyl (C=O) groups excluding carboxylic acids is 1. The number of aryl methyl sites for hydroxylation is 1. The SMILES string of the molecule is Cc1cc(C=O)c(C)n1CCCOCC(C)C. The van der Waals surface area contributed by atoms with Gasteiger partial charge in [-0.2, -0.15) is 0 Å². The Balaban J connectivity index is 2.41. The predicted octanol–water partition coefficient (Wildman–Crippen LogP) is 2.98. The fourth-order valence-electron chi connectivity index (χ4n) is 1.93. The first-order chi connectivity index (χ1) is 8.06. The molecule has 0 saturated heterocycles. The predicted molar refractivity (Wildman–Crippen MR) is 69.6 cm³/mol. The van der Waals surface area contributed by atoms with Gasteiger partial charge in [-0.05, 0) is 32.3 Å². The van der Waals surface area contributed by atoms with Gasteiger partial charge in [0.25, 0.3) is 0 Å². The third-order valence-electron chi connectivity index (χ3n) is 2.86. The van der Waals surface area contributed by atoms with Crippen molar-refractivity contribution in [3.05, 3.63) is 23.0 Å². The molecule has 0 aliphatic carbocycles. The zero-order chi connectivity index (χ0) is 12.8. The van der Waals surface area contributed by atoms with Gasteiger partial charge in [0.05, 0.1) is 0 Å². The molecule has 17 heavy (non-hydrogen) atoms. The van der Waals surface area contributed by atoms with Crippen LogP contribution in [0.1, 0.15) is 42.0 Å². The van der Waals surface area contributed by atoms with Crippen molar-refractivity contribution in [2.24, 2.45) is 5.92 Å². The molecule has 0 aromatic carbocycles. The van der Waals surface area contributed by atoms with Gasteiger partial charge in [0.15, 0.2) is 6.29 Å². The molecule has 96 valence electrons. The van der Waals surface area contributed by atoms with Crippen molar-refractivity contribution in [1.82, 2.24) is 4.57 Å². The van der Waals surface area contributed by atoms with Gasteiger partial charge < -0.3 is 9.30 Å². The molecule has 3 nitrogen and oxygen atoms in total. The number of rotatable bonds is 7. The smallest absolute Gasteiger partial charge is 0.151 e. The average Bonchev–Trinajstić information content (AvgIpc) is 2.54. The molecule has 1 aromatic rings. The third-order valence-corrected chi connectivity index (χ3v) is 2.86. The van der Waals surface area contributed by atoms with E-state index < -0.39 is 0 Å². The maximum absolute atomic E-state index is 10.8. The number of aldehydes is 1. The highest BCUT2D eigenvalue weighted by molar-refractivity contribution is 5.77. The lowest BCUT2D eigenvalue weighted by Crippen LogP contribution is -2.08. The van der Waals surface area contributed by atoms with E-state index in [1.807, 2.05) is 19.9 Å². The van der Waals surface area contributed by atoms with Crippen molar-refractivity contribution in [2.45, 2.75) is 40.7 Å². The van der Waals surface area contributed by atoms with E-state index >= 15 is 0 Å². The van der Waals surface area contributed by atoms with Crippen LogP contribution in [0.15, 0.2) is 6.07 Å². The zero-order valence-corrected chi connectivity index (χ0v) is 11.3. The molecule has 0 aliphatic rings. The quantitative estimate of drug-likeness (QED) is 0.539. The molecule has 0 N–H and O–H groups in total. The maximum atomic E-state index is 10.8. The monoisotopic (exact) mass is 237 g/mol. The normalized spacial score (nSPS) is 11.1. The van der Waals surface area contributed by atoms with E-state index in [0.717, 1.165) is 49.4 Å². The van der Waals surface area contributed by atoms with Gasteiger partial charge in [0, 0.05) is 36.7 Å². The first-order valence-corrected chi connectivity index (χ1v) is 6.26. The molecule has 1 aromatic heterocycles. The van der Waals surface area contributed by atoms with Gasteiger partial charge in [0.2, 0.25) is 0 Å². The van der Waals surface area contributed by atoms with Crippen LogP contribution >= 0.6 is 0 Å².